The van der Waals surface area contributed by atoms with Gasteiger partial charge in [0.1, 0.15) is 11.5 Å². The number of aliphatic hydroxyl groups is 1. The van der Waals surface area contributed by atoms with Gasteiger partial charge in [-0.1, -0.05) is 12.1 Å². The summed E-state index contributed by atoms with van der Waals surface area (Å²) in [5, 5.41) is 11.2. The molecule has 0 aliphatic carbocycles. The fourth-order valence-corrected chi connectivity index (χ4v) is 3.69. The van der Waals surface area contributed by atoms with Crippen LogP contribution in [-0.2, 0) is 9.59 Å². The molecule has 0 spiro atoms. The highest BCUT2D eigenvalue weighted by Gasteiger charge is 2.45. The first-order chi connectivity index (χ1) is 15.3. The van der Waals surface area contributed by atoms with E-state index < -0.39 is 17.7 Å². The monoisotopic (exact) mass is 440 g/mol. The predicted octanol–water partition coefficient (Wildman–Crippen LogP) is 2.70. The zero-order chi connectivity index (χ0) is 23.4. The number of carbonyl (C=O) groups excluding carboxylic acids is 2. The summed E-state index contributed by atoms with van der Waals surface area (Å²) in [6, 6.07) is 11.2. The number of rotatable bonds is 8. The molecule has 1 fully saturated rings. The minimum Gasteiger partial charge on any atom is -0.507 e. The molecular formula is C24H28N2O6. The molecule has 0 unspecified atom stereocenters. The molecule has 8 nitrogen and oxygen atoms in total. The topological polar surface area (TPSA) is 88.5 Å². The van der Waals surface area contributed by atoms with Crippen molar-refractivity contribution in [2.24, 2.45) is 0 Å². The van der Waals surface area contributed by atoms with Gasteiger partial charge in [-0.05, 0) is 50.0 Å². The fraction of sp³-hybridized carbons (Fsp3) is 0.333. The molecule has 1 amide bonds. The highest BCUT2D eigenvalue weighted by molar-refractivity contribution is 6.46. The lowest BCUT2D eigenvalue weighted by Gasteiger charge is -2.26. The number of hydrogen-bond donors (Lipinski definition) is 1. The number of ketones is 1. The molecule has 2 aromatic carbocycles. The minimum atomic E-state index is -0.728. The Kier molecular flexibility index (Phi) is 7.05. The molecule has 1 aliphatic rings. The van der Waals surface area contributed by atoms with Crippen LogP contribution < -0.4 is 14.2 Å². The molecule has 0 bridgehead atoms. The van der Waals surface area contributed by atoms with Gasteiger partial charge in [-0.3, -0.25) is 9.59 Å². The van der Waals surface area contributed by atoms with Gasteiger partial charge in [-0.25, -0.2) is 0 Å². The highest BCUT2D eigenvalue weighted by Crippen LogP contribution is 2.40. The normalized spacial score (nSPS) is 17.7. The second-order valence-corrected chi connectivity index (χ2v) is 7.64. The number of aliphatic hydroxyl groups excluding tert-OH is 1. The van der Waals surface area contributed by atoms with Crippen LogP contribution in [0.1, 0.15) is 17.2 Å². The van der Waals surface area contributed by atoms with Crippen molar-refractivity contribution < 1.29 is 28.9 Å². The molecule has 170 valence electrons. The van der Waals surface area contributed by atoms with Crippen LogP contribution in [0.2, 0.25) is 0 Å². The summed E-state index contributed by atoms with van der Waals surface area (Å²) in [6.45, 7) is 0.896. The molecule has 0 saturated carbocycles. The molecular weight excluding hydrogens is 412 g/mol. The number of likely N-dealkylation sites (tertiary alicyclic amines) is 1. The standard InChI is InChI=1S/C24H28N2O6/c1-25(2)12-13-26-21(15-6-9-17(30-3)10-7-15)20(23(28)24(26)29)22(27)16-8-11-18(31-4)19(14-16)32-5/h6-11,14,21,27H,12-13H2,1-5H3/t21-/m1/s1. The van der Waals surface area contributed by atoms with Gasteiger partial charge >= 0.3 is 0 Å². The number of methoxy groups -OCH3 is 3. The van der Waals surface area contributed by atoms with Crippen LogP contribution in [0.25, 0.3) is 5.76 Å². The minimum absolute atomic E-state index is 0.0335. The van der Waals surface area contributed by atoms with Crippen LogP contribution in [-0.4, -0.2) is 75.1 Å². The second-order valence-electron chi connectivity index (χ2n) is 7.64. The van der Waals surface area contributed by atoms with E-state index in [-0.39, 0.29) is 11.3 Å². The molecule has 1 N–H and O–H groups in total. The van der Waals surface area contributed by atoms with Crippen molar-refractivity contribution in [3.8, 4) is 17.2 Å². The van der Waals surface area contributed by atoms with Crippen molar-refractivity contribution in [3.63, 3.8) is 0 Å². The summed E-state index contributed by atoms with van der Waals surface area (Å²) in [6.07, 6.45) is 0. The Morgan fingerprint density at radius 3 is 2.19 bits per heavy atom. The zero-order valence-corrected chi connectivity index (χ0v) is 18.9. The van der Waals surface area contributed by atoms with Crippen molar-refractivity contribution in [3.05, 3.63) is 59.2 Å². The van der Waals surface area contributed by atoms with Gasteiger partial charge < -0.3 is 29.1 Å². The van der Waals surface area contributed by atoms with Crippen LogP contribution in [0, 0.1) is 0 Å². The van der Waals surface area contributed by atoms with E-state index in [1.54, 1.807) is 49.6 Å². The number of nitrogens with zero attached hydrogens (tertiary/aromatic N) is 2. The number of Topliss-reactive ketones (excluding diaryl/α,β-unsaturated/α-hetero) is 1. The summed E-state index contributed by atoms with van der Waals surface area (Å²) in [4.78, 5) is 29.4. The average Bonchev–Trinajstić information content (AvgIpc) is 3.06. The van der Waals surface area contributed by atoms with Crippen LogP contribution in [0.5, 0.6) is 17.2 Å². The Morgan fingerprint density at radius 2 is 1.62 bits per heavy atom. The average molecular weight is 440 g/mol. The number of amides is 1. The number of hydrogen-bond acceptors (Lipinski definition) is 7. The maximum Gasteiger partial charge on any atom is 0.295 e. The summed E-state index contributed by atoms with van der Waals surface area (Å²) in [7, 11) is 8.34. The zero-order valence-electron chi connectivity index (χ0n) is 18.9. The Balaban J connectivity index is 2.15. The Morgan fingerprint density at radius 1 is 0.969 bits per heavy atom. The number of ether oxygens (including phenoxy) is 3. The van der Waals surface area contributed by atoms with E-state index in [0.717, 1.165) is 0 Å². The van der Waals surface area contributed by atoms with Crippen LogP contribution in [0.3, 0.4) is 0 Å². The van der Waals surface area contributed by atoms with Gasteiger partial charge in [-0.2, -0.15) is 0 Å². The molecule has 2 aromatic rings. The first kappa shape index (κ1) is 23.1. The number of carbonyl (C=O) groups is 2. The summed E-state index contributed by atoms with van der Waals surface area (Å²) >= 11 is 0. The van der Waals surface area contributed by atoms with Crippen molar-refractivity contribution in [2.45, 2.75) is 6.04 Å². The third kappa shape index (κ3) is 4.40. The van der Waals surface area contributed by atoms with E-state index in [9.17, 15) is 14.7 Å². The number of likely N-dealkylation sites (N-methyl/N-ethyl adjacent to an activating group) is 1. The van der Waals surface area contributed by atoms with E-state index in [4.69, 9.17) is 14.2 Å². The molecule has 1 atom stereocenters. The lowest BCUT2D eigenvalue weighted by molar-refractivity contribution is -0.140. The van der Waals surface area contributed by atoms with Gasteiger partial charge in [0.2, 0.25) is 0 Å². The molecule has 32 heavy (non-hydrogen) atoms. The van der Waals surface area contributed by atoms with Crippen LogP contribution in [0.4, 0.5) is 0 Å². The third-order valence-electron chi connectivity index (χ3n) is 5.42. The first-order valence-corrected chi connectivity index (χ1v) is 10.1. The van der Waals surface area contributed by atoms with Gasteiger partial charge in [0, 0.05) is 18.7 Å². The quantitative estimate of drug-likeness (QED) is 0.384. The van der Waals surface area contributed by atoms with Gasteiger partial charge in [0.25, 0.3) is 11.7 Å². The van der Waals surface area contributed by atoms with Crippen LogP contribution >= 0.6 is 0 Å². The van der Waals surface area contributed by atoms with Crippen molar-refractivity contribution in [2.75, 3.05) is 48.5 Å². The first-order valence-electron chi connectivity index (χ1n) is 10.1. The van der Waals surface area contributed by atoms with Crippen LogP contribution in [0.15, 0.2) is 48.0 Å². The third-order valence-corrected chi connectivity index (χ3v) is 5.42. The van der Waals surface area contributed by atoms with E-state index in [1.807, 2.05) is 19.0 Å². The lowest BCUT2D eigenvalue weighted by Crippen LogP contribution is -2.35. The number of benzene rings is 2. The predicted molar refractivity (Wildman–Crippen MR) is 120 cm³/mol. The van der Waals surface area contributed by atoms with E-state index >= 15 is 0 Å². The van der Waals surface area contributed by atoms with Crippen molar-refractivity contribution >= 4 is 17.4 Å². The van der Waals surface area contributed by atoms with E-state index in [1.165, 1.54) is 19.1 Å². The molecule has 1 saturated heterocycles. The van der Waals surface area contributed by atoms with E-state index in [0.29, 0.717) is 41.5 Å². The van der Waals surface area contributed by atoms with Gasteiger partial charge in [-0.15, -0.1) is 0 Å². The van der Waals surface area contributed by atoms with Crippen molar-refractivity contribution in [1.29, 1.82) is 0 Å². The second kappa shape index (κ2) is 9.74. The summed E-state index contributed by atoms with van der Waals surface area (Å²) in [5.74, 6) is -0.0931. The Bertz CT molecular complexity index is 1030. The maximum absolute atomic E-state index is 13.1. The molecule has 8 heteroatoms. The molecule has 1 heterocycles. The maximum atomic E-state index is 13.1. The van der Waals surface area contributed by atoms with Gasteiger partial charge in [0.05, 0.1) is 32.9 Å². The molecule has 1 aliphatic heterocycles. The fourth-order valence-electron chi connectivity index (χ4n) is 3.69. The lowest BCUT2D eigenvalue weighted by atomic mass is 9.95. The van der Waals surface area contributed by atoms with Gasteiger partial charge in [0.15, 0.2) is 11.5 Å². The van der Waals surface area contributed by atoms with E-state index in [2.05, 4.69) is 0 Å². The Hall–Kier alpha value is -3.52. The summed E-state index contributed by atoms with van der Waals surface area (Å²) < 4.78 is 15.8. The van der Waals surface area contributed by atoms with Crippen molar-refractivity contribution in [1.82, 2.24) is 9.80 Å². The largest absolute Gasteiger partial charge is 0.507 e. The highest BCUT2D eigenvalue weighted by atomic mass is 16.5. The summed E-state index contributed by atoms with van der Waals surface area (Å²) in [5.41, 5.74) is 1.09. The Labute approximate surface area is 187 Å². The molecule has 0 radical (unpaired) electrons. The molecule has 0 aromatic heterocycles. The smallest absolute Gasteiger partial charge is 0.295 e. The SMILES string of the molecule is COc1ccc([C@@H]2C(=C(O)c3ccc(OC)c(OC)c3)C(=O)C(=O)N2CCN(C)C)cc1. The molecule has 3 rings (SSSR count).